The normalized spacial score (nSPS) is 11.8. The average Bonchev–Trinajstić information content (AvgIpc) is 2.97. The molecule has 2 aromatic carbocycles. The van der Waals surface area contributed by atoms with E-state index in [4.69, 9.17) is 23.2 Å². The largest absolute Gasteiger partial charge is 0.276 e. The van der Waals surface area contributed by atoms with Crippen LogP contribution in [-0.4, -0.2) is 18.2 Å². The van der Waals surface area contributed by atoms with E-state index in [-0.39, 0.29) is 32.0 Å². The molecule has 3 rings (SSSR count). The summed E-state index contributed by atoms with van der Waals surface area (Å²) < 4.78 is 96.8. The van der Waals surface area contributed by atoms with Gasteiger partial charge in [-0.15, -0.1) is 0 Å². The van der Waals surface area contributed by atoms with E-state index in [1.54, 1.807) is 0 Å². The number of hydrogen-bond donors (Lipinski definition) is 1. The van der Waals surface area contributed by atoms with Gasteiger partial charge < -0.3 is 0 Å². The number of nitrogens with zero attached hydrogens (tertiary/aromatic N) is 2. The second kappa shape index (κ2) is 8.29. The Morgan fingerprint density at radius 1 is 0.968 bits per heavy atom. The third-order valence-electron chi connectivity index (χ3n) is 4.41. The van der Waals surface area contributed by atoms with Crippen LogP contribution >= 0.6 is 23.2 Å². The lowest BCUT2D eigenvalue weighted by molar-refractivity contribution is 0.366. The van der Waals surface area contributed by atoms with Crippen LogP contribution in [0.15, 0.2) is 23.1 Å². The van der Waals surface area contributed by atoms with Crippen molar-refractivity contribution < 1.29 is 30.4 Å². The van der Waals surface area contributed by atoms with E-state index in [1.165, 1.54) is 26.0 Å². The number of sulfonamides is 1. The topological polar surface area (TPSA) is 64.0 Å². The van der Waals surface area contributed by atoms with Gasteiger partial charge in [-0.25, -0.2) is 30.4 Å². The minimum atomic E-state index is -4.24. The third-order valence-corrected chi connectivity index (χ3v) is 6.48. The molecule has 0 saturated heterocycles. The molecule has 0 aliphatic heterocycles. The van der Waals surface area contributed by atoms with Crippen LogP contribution in [-0.2, 0) is 16.6 Å². The molecule has 0 atom stereocenters. The summed E-state index contributed by atoms with van der Waals surface area (Å²) in [7, 11) is -4.24. The number of benzene rings is 2. The fourth-order valence-electron chi connectivity index (χ4n) is 2.81. The van der Waals surface area contributed by atoms with Crippen LogP contribution < -0.4 is 4.72 Å². The zero-order valence-electron chi connectivity index (χ0n) is 15.7. The summed E-state index contributed by atoms with van der Waals surface area (Å²) in [5, 5.41) is 3.95. The number of nitrogens with one attached hydrogen (secondary N) is 1. The summed E-state index contributed by atoms with van der Waals surface area (Å²) in [6, 6.07) is 3.79. The van der Waals surface area contributed by atoms with Gasteiger partial charge in [-0.3, -0.25) is 9.40 Å². The molecule has 31 heavy (non-hydrogen) atoms. The van der Waals surface area contributed by atoms with E-state index in [2.05, 4.69) is 9.82 Å². The van der Waals surface area contributed by atoms with Gasteiger partial charge in [-0.05, 0) is 32.0 Å². The molecule has 13 heteroatoms. The first-order chi connectivity index (χ1) is 14.3. The summed E-state index contributed by atoms with van der Waals surface area (Å²) in [6.45, 7) is 1.90. The predicted molar refractivity (Wildman–Crippen MR) is 104 cm³/mol. The molecule has 1 N–H and O–H groups in total. The van der Waals surface area contributed by atoms with Crippen molar-refractivity contribution in [3.05, 3.63) is 74.3 Å². The van der Waals surface area contributed by atoms with Crippen molar-refractivity contribution in [1.29, 1.82) is 0 Å². The van der Waals surface area contributed by atoms with E-state index in [1.807, 2.05) is 0 Å². The van der Waals surface area contributed by atoms with Crippen molar-refractivity contribution in [3.8, 4) is 0 Å². The Labute approximate surface area is 183 Å². The van der Waals surface area contributed by atoms with Gasteiger partial charge in [0.1, 0.15) is 4.90 Å². The van der Waals surface area contributed by atoms with Crippen molar-refractivity contribution in [2.45, 2.75) is 25.3 Å². The molecule has 0 spiro atoms. The molecule has 0 radical (unpaired) electrons. The number of hydrogen-bond acceptors (Lipinski definition) is 3. The van der Waals surface area contributed by atoms with E-state index >= 15 is 0 Å². The van der Waals surface area contributed by atoms with Crippen molar-refractivity contribution in [3.63, 3.8) is 0 Å². The van der Waals surface area contributed by atoms with Crippen molar-refractivity contribution in [2.75, 3.05) is 4.72 Å². The fraction of sp³-hybridized carbons (Fsp3) is 0.167. The van der Waals surface area contributed by atoms with Crippen molar-refractivity contribution in [2.24, 2.45) is 0 Å². The Morgan fingerprint density at radius 3 is 2.10 bits per heavy atom. The van der Waals surface area contributed by atoms with Crippen LogP contribution in [0.3, 0.4) is 0 Å². The standard InChI is InChI=1S/C18H12Cl2F5N3O2S/c1-7-18(27-31(29,30)12-5-9(19)3-4-11(12)20)8(2)28(26-7)6-10-13(21)15(23)17(25)16(24)14(10)22/h3-5,27H,6H2,1-2H3. The first kappa shape index (κ1) is 23.3. The quantitative estimate of drug-likeness (QED) is 0.292. The fourth-order valence-corrected chi connectivity index (χ4v) is 4.75. The minimum Gasteiger partial charge on any atom is -0.276 e. The van der Waals surface area contributed by atoms with Crippen LogP contribution in [0.1, 0.15) is 17.0 Å². The van der Waals surface area contributed by atoms with Crippen LogP contribution in [0.2, 0.25) is 10.0 Å². The second-order valence-corrected chi connectivity index (χ2v) is 8.93. The molecule has 1 heterocycles. The van der Waals surface area contributed by atoms with Gasteiger partial charge in [-0.1, -0.05) is 23.2 Å². The molecular weight excluding hydrogens is 488 g/mol. The molecule has 5 nitrogen and oxygen atoms in total. The molecule has 0 unspecified atom stereocenters. The first-order valence-electron chi connectivity index (χ1n) is 8.37. The highest BCUT2D eigenvalue weighted by atomic mass is 35.5. The van der Waals surface area contributed by atoms with E-state index in [0.717, 1.165) is 10.7 Å². The van der Waals surface area contributed by atoms with Crippen LogP contribution in [0.25, 0.3) is 0 Å². The molecule has 0 bridgehead atoms. The first-order valence-corrected chi connectivity index (χ1v) is 10.6. The predicted octanol–water partition coefficient (Wildman–Crippen LogP) is 5.35. The Balaban J connectivity index is 2.02. The second-order valence-electron chi connectivity index (χ2n) is 6.43. The maximum atomic E-state index is 14.0. The molecule has 0 saturated carbocycles. The van der Waals surface area contributed by atoms with E-state index < -0.39 is 51.2 Å². The highest BCUT2D eigenvalue weighted by molar-refractivity contribution is 7.92. The lowest BCUT2D eigenvalue weighted by Crippen LogP contribution is -2.15. The number of aromatic nitrogens is 2. The summed E-state index contributed by atoms with van der Waals surface area (Å²) in [5.74, 6) is -10.5. The Hall–Kier alpha value is -2.37. The molecule has 1 aromatic heterocycles. The summed E-state index contributed by atoms with van der Waals surface area (Å²) in [6.07, 6.45) is 0. The van der Waals surface area contributed by atoms with Crippen molar-refractivity contribution >= 4 is 38.9 Å². The van der Waals surface area contributed by atoms with Gasteiger partial charge in [0.2, 0.25) is 5.82 Å². The van der Waals surface area contributed by atoms with E-state index in [9.17, 15) is 30.4 Å². The van der Waals surface area contributed by atoms with Gasteiger partial charge in [0.25, 0.3) is 10.0 Å². The monoisotopic (exact) mass is 499 g/mol. The van der Waals surface area contributed by atoms with E-state index in [0.29, 0.717) is 0 Å². The van der Waals surface area contributed by atoms with Gasteiger partial charge >= 0.3 is 0 Å². The van der Waals surface area contributed by atoms with Crippen LogP contribution in [0.4, 0.5) is 27.6 Å². The van der Waals surface area contributed by atoms with Crippen LogP contribution in [0, 0.1) is 42.9 Å². The average molecular weight is 500 g/mol. The Morgan fingerprint density at radius 2 is 1.52 bits per heavy atom. The van der Waals surface area contributed by atoms with Gasteiger partial charge in [0, 0.05) is 5.02 Å². The Bertz CT molecular complexity index is 1280. The SMILES string of the molecule is Cc1nn(Cc2c(F)c(F)c(F)c(F)c2F)c(C)c1NS(=O)(=O)c1cc(Cl)ccc1Cl. The third kappa shape index (κ3) is 4.21. The zero-order chi connectivity index (χ0) is 23.2. The number of halogens is 7. The lowest BCUT2D eigenvalue weighted by atomic mass is 10.1. The highest BCUT2D eigenvalue weighted by Crippen LogP contribution is 2.30. The molecule has 0 aliphatic carbocycles. The molecule has 0 amide bonds. The molecular formula is C18H12Cl2F5N3O2S. The lowest BCUT2D eigenvalue weighted by Gasteiger charge is -2.12. The zero-order valence-corrected chi connectivity index (χ0v) is 18.0. The maximum absolute atomic E-state index is 14.0. The summed E-state index contributed by atoms with van der Waals surface area (Å²) >= 11 is 11.8. The molecule has 0 aliphatic rings. The molecule has 166 valence electrons. The number of rotatable bonds is 5. The number of anilines is 1. The minimum absolute atomic E-state index is 0.0556. The summed E-state index contributed by atoms with van der Waals surface area (Å²) in [5.41, 5.74) is -1.03. The van der Waals surface area contributed by atoms with Gasteiger partial charge in [0.15, 0.2) is 23.3 Å². The molecule has 0 fully saturated rings. The molecule has 3 aromatic rings. The van der Waals surface area contributed by atoms with Gasteiger partial charge in [0.05, 0.1) is 34.2 Å². The maximum Gasteiger partial charge on any atom is 0.263 e. The Kier molecular flexibility index (Phi) is 6.23. The summed E-state index contributed by atoms with van der Waals surface area (Å²) in [4.78, 5) is -0.326. The highest BCUT2D eigenvalue weighted by Gasteiger charge is 2.28. The van der Waals surface area contributed by atoms with Gasteiger partial charge in [-0.2, -0.15) is 5.10 Å². The smallest absolute Gasteiger partial charge is 0.263 e. The number of aryl methyl sites for hydroxylation is 1. The van der Waals surface area contributed by atoms with Crippen molar-refractivity contribution in [1.82, 2.24) is 9.78 Å². The van der Waals surface area contributed by atoms with Crippen LogP contribution in [0.5, 0.6) is 0 Å².